The Hall–Kier alpha value is -0.890. The Morgan fingerprint density at radius 1 is 1.67 bits per heavy atom. The van der Waals surface area contributed by atoms with Crippen LogP contribution in [0.25, 0.3) is 0 Å². The van der Waals surface area contributed by atoms with Gasteiger partial charge in [0.1, 0.15) is 0 Å². The molecule has 2 aliphatic heterocycles. The van der Waals surface area contributed by atoms with Crippen molar-refractivity contribution in [3.63, 3.8) is 0 Å². The standard InChI is InChI=1S/C10H14N2/c1-2-8-5-9-7-11-4-3-10(9)12-6-8/h3,5-6,8,11H,2,4,7H2,1H3. The number of allylic oxidation sites excluding steroid dienone is 1. The molecule has 1 atom stereocenters. The van der Waals surface area contributed by atoms with Crippen molar-refractivity contribution in [2.45, 2.75) is 13.3 Å². The van der Waals surface area contributed by atoms with Crippen LogP contribution in [0, 0.1) is 5.92 Å². The molecule has 12 heavy (non-hydrogen) atoms. The summed E-state index contributed by atoms with van der Waals surface area (Å²) in [6, 6.07) is 0. The van der Waals surface area contributed by atoms with Crippen molar-refractivity contribution in [3.05, 3.63) is 23.4 Å². The van der Waals surface area contributed by atoms with Crippen LogP contribution in [-0.4, -0.2) is 19.3 Å². The maximum absolute atomic E-state index is 4.43. The van der Waals surface area contributed by atoms with Gasteiger partial charge in [-0.25, -0.2) is 0 Å². The zero-order valence-electron chi connectivity index (χ0n) is 7.38. The highest BCUT2D eigenvalue weighted by atomic mass is 14.9. The van der Waals surface area contributed by atoms with Crippen LogP contribution in [0.15, 0.2) is 28.4 Å². The van der Waals surface area contributed by atoms with Crippen molar-refractivity contribution in [3.8, 4) is 0 Å². The third kappa shape index (κ3) is 1.34. The molecular formula is C10H14N2. The number of hydrogen-bond acceptors (Lipinski definition) is 2. The summed E-state index contributed by atoms with van der Waals surface area (Å²) >= 11 is 0. The number of rotatable bonds is 1. The molecule has 2 heterocycles. The molecule has 0 spiro atoms. The minimum absolute atomic E-state index is 0.553. The minimum Gasteiger partial charge on any atom is -0.309 e. The van der Waals surface area contributed by atoms with Gasteiger partial charge in [-0.1, -0.05) is 13.0 Å². The van der Waals surface area contributed by atoms with Crippen molar-refractivity contribution in [2.75, 3.05) is 13.1 Å². The molecule has 2 nitrogen and oxygen atoms in total. The van der Waals surface area contributed by atoms with Gasteiger partial charge in [0.15, 0.2) is 0 Å². The quantitative estimate of drug-likeness (QED) is 0.621. The molecule has 0 radical (unpaired) electrons. The zero-order valence-corrected chi connectivity index (χ0v) is 7.38. The van der Waals surface area contributed by atoms with Gasteiger partial charge in [0.2, 0.25) is 0 Å². The molecule has 0 aliphatic carbocycles. The summed E-state index contributed by atoms with van der Waals surface area (Å²) < 4.78 is 0. The Kier molecular flexibility index (Phi) is 2.09. The van der Waals surface area contributed by atoms with Crippen molar-refractivity contribution in [1.29, 1.82) is 0 Å². The van der Waals surface area contributed by atoms with E-state index in [9.17, 15) is 0 Å². The van der Waals surface area contributed by atoms with E-state index >= 15 is 0 Å². The van der Waals surface area contributed by atoms with Crippen LogP contribution in [0.4, 0.5) is 0 Å². The summed E-state index contributed by atoms with van der Waals surface area (Å²) in [5, 5.41) is 3.31. The van der Waals surface area contributed by atoms with E-state index in [1.165, 1.54) is 11.3 Å². The van der Waals surface area contributed by atoms with Crippen molar-refractivity contribution < 1.29 is 0 Å². The van der Waals surface area contributed by atoms with Gasteiger partial charge in [0.25, 0.3) is 0 Å². The molecule has 0 saturated heterocycles. The molecule has 0 fully saturated rings. The van der Waals surface area contributed by atoms with Crippen molar-refractivity contribution >= 4 is 6.21 Å². The van der Waals surface area contributed by atoms with Gasteiger partial charge in [-0.3, -0.25) is 4.99 Å². The Labute approximate surface area is 73.1 Å². The van der Waals surface area contributed by atoms with Crippen molar-refractivity contribution in [2.24, 2.45) is 10.9 Å². The molecule has 2 rings (SSSR count). The van der Waals surface area contributed by atoms with Gasteiger partial charge in [-0.2, -0.15) is 0 Å². The van der Waals surface area contributed by atoms with Crippen LogP contribution in [-0.2, 0) is 0 Å². The van der Waals surface area contributed by atoms with E-state index < -0.39 is 0 Å². The fourth-order valence-electron chi connectivity index (χ4n) is 1.58. The van der Waals surface area contributed by atoms with E-state index in [1.807, 2.05) is 0 Å². The van der Waals surface area contributed by atoms with Crippen molar-refractivity contribution in [1.82, 2.24) is 5.32 Å². The highest BCUT2D eigenvalue weighted by Crippen LogP contribution is 2.21. The third-order valence-corrected chi connectivity index (χ3v) is 2.38. The summed E-state index contributed by atoms with van der Waals surface area (Å²) in [6.45, 7) is 4.14. The Bertz CT molecular complexity index is 261. The molecule has 64 valence electrons. The topological polar surface area (TPSA) is 24.4 Å². The lowest BCUT2D eigenvalue weighted by Gasteiger charge is -2.20. The molecule has 0 saturated carbocycles. The number of nitrogens with one attached hydrogen (secondary N) is 1. The second-order valence-electron chi connectivity index (χ2n) is 3.26. The van der Waals surface area contributed by atoms with Crippen LogP contribution >= 0.6 is 0 Å². The highest BCUT2D eigenvalue weighted by Gasteiger charge is 2.14. The maximum Gasteiger partial charge on any atom is 0.0640 e. The van der Waals surface area contributed by atoms with Crippen LogP contribution in [0.1, 0.15) is 13.3 Å². The predicted octanol–water partition coefficient (Wildman–Crippen LogP) is 1.51. The molecule has 2 aliphatic rings. The summed E-state index contributed by atoms with van der Waals surface area (Å²) in [5.41, 5.74) is 2.55. The maximum atomic E-state index is 4.43. The fourth-order valence-corrected chi connectivity index (χ4v) is 1.58. The zero-order chi connectivity index (χ0) is 8.39. The second kappa shape index (κ2) is 3.23. The van der Waals surface area contributed by atoms with E-state index in [0.717, 1.165) is 19.5 Å². The molecule has 0 aromatic carbocycles. The Morgan fingerprint density at radius 2 is 2.58 bits per heavy atom. The van der Waals surface area contributed by atoms with E-state index in [4.69, 9.17) is 0 Å². The first kappa shape index (κ1) is 7.74. The number of dihydropyridines is 1. The number of nitrogens with zero attached hydrogens (tertiary/aromatic N) is 1. The number of aliphatic imine (C=N–C) groups is 1. The fraction of sp³-hybridized carbons (Fsp3) is 0.500. The SMILES string of the molecule is CCC1C=NC2=CCNCC2=C1. The Morgan fingerprint density at radius 3 is 3.42 bits per heavy atom. The number of hydrogen-bond donors (Lipinski definition) is 1. The lowest BCUT2D eigenvalue weighted by Crippen LogP contribution is -2.24. The lowest BCUT2D eigenvalue weighted by molar-refractivity contribution is 0.747. The molecule has 0 aromatic heterocycles. The van der Waals surface area contributed by atoms with Gasteiger partial charge in [0, 0.05) is 25.2 Å². The summed E-state index contributed by atoms with van der Waals surface area (Å²) in [6.07, 6.45) is 7.68. The normalized spacial score (nSPS) is 27.6. The second-order valence-corrected chi connectivity index (χ2v) is 3.26. The monoisotopic (exact) mass is 162 g/mol. The molecule has 2 heteroatoms. The first-order valence-electron chi connectivity index (χ1n) is 4.56. The molecule has 0 aromatic rings. The molecule has 0 bridgehead atoms. The molecule has 1 N–H and O–H groups in total. The average Bonchev–Trinajstić information content (AvgIpc) is 2.17. The van der Waals surface area contributed by atoms with Gasteiger partial charge >= 0.3 is 0 Å². The summed E-state index contributed by atoms with van der Waals surface area (Å²) in [4.78, 5) is 4.43. The average molecular weight is 162 g/mol. The van der Waals surface area contributed by atoms with E-state index in [-0.39, 0.29) is 0 Å². The Balaban J connectivity index is 2.23. The summed E-state index contributed by atoms with van der Waals surface area (Å²) in [5.74, 6) is 0.553. The molecule has 1 unspecified atom stereocenters. The van der Waals surface area contributed by atoms with Gasteiger partial charge in [-0.15, -0.1) is 0 Å². The first-order valence-corrected chi connectivity index (χ1v) is 4.56. The van der Waals surface area contributed by atoms with Gasteiger partial charge in [0.05, 0.1) is 5.70 Å². The van der Waals surface area contributed by atoms with E-state index in [0.29, 0.717) is 5.92 Å². The predicted molar refractivity (Wildman–Crippen MR) is 51.3 cm³/mol. The van der Waals surface area contributed by atoms with Crippen LogP contribution in [0.3, 0.4) is 0 Å². The molecule has 0 amide bonds. The van der Waals surface area contributed by atoms with E-state index in [2.05, 4.69) is 35.6 Å². The summed E-state index contributed by atoms with van der Waals surface area (Å²) in [7, 11) is 0. The van der Waals surface area contributed by atoms with Crippen LogP contribution in [0.5, 0.6) is 0 Å². The van der Waals surface area contributed by atoms with Gasteiger partial charge in [-0.05, 0) is 18.1 Å². The smallest absolute Gasteiger partial charge is 0.0640 e. The third-order valence-electron chi connectivity index (χ3n) is 2.38. The highest BCUT2D eigenvalue weighted by molar-refractivity contribution is 5.69. The van der Waals surface area contributed by atoms with E-state index in [1.54, 1.807) is 0 Å². The van der Waals surface area contributed by atoms with Gasteiger partial charge < -0.3 is 5.32 Å². The van der Waals surface area contributed by atoms with Crippen LogP contribution in [0.2, 0.25) is 0 Å². The molecular weight excluding hydrogens is 148 g/mol. The first-order chi connectivity index (χ1) is 5.90. The number of fused-ring (bicyclic) bond motifs is 1. The van der Waals surface area contributed by atoms with Crippen LogP contribution < -0.4 is 5.32 Å². The minimum atomic E-state index is 0.553. The lowest BCUT2D eigenvalue weighted by atomic mass is 9.98. The largest absolute Gasteiger partial charge is 0.309 e.